The van der Waals surface area contributed by atoms with Gasteiger partial charge in [-0.05, 0) is 57.2 Å². The number of carbonyl (C=O) groups is 1. The van der Waals surface area contributed by atoms with Crippen LogP contribution in [0.3, 0.4) is 0 Å². The van der Waals surface area contributed by atoms with Crippen LogP contribution in [-0.2, 0) is 4.74 Å². The molecule has 7 nitrogen and oxygen atoms in total. The summed E-state index contributed by atoms with van der Waals surface area (Å²) in [6.07, 6.45) is 2.37. The first-order valence-corrected chi connectivity index (χ1v) is 10.2. The van der Waals surface area contributed by atoms with E-state index in [0.717, 1.165) is 5.57 Å². The quantitative estimate of drug-likeness (QED) is 0.698. The maximum absolute atomic E-state index is 13.8. The van der Waals surface area contributed by atoms with E-state index in [9.17, 15) is 19.1 Å². The molecule has 8 heteroatoms. The molecule has 3 unspecified atom stereocenters. The first kappa shape index (κ1) is 21.5. The summed E-state index contributed by atoms with van der Waals surface area (Å²) < 4.78 is 20.9. The largest absolute Gasteiger partial charge is 0.502 e. The Kier molecular flexibility index (Phi) is 6.74. The molecule has 29 heavy (non-hydrogen) atoms. The molecule has 0 spiro atoms. The predicted octanol–water partition coefficient (Wildman–Crippen LogP) is 2.57. The molecule has 0 bridgehead atoms. The molecule has 2 heterocycles. The van der Waals surface area contributed by atoms with E-state index < -0.39 is 17.2 Å². The fourth-order valence-electron chi connectivity index (χ4n) is 4.19. The molecule has 1 amide bonds. The number of hydrogen-bond donors (Lipinski definition) is 3. The highest BCUT2D eigenvalue weighted by Gasteiger charge is 2.28. The molecule has 0 saturated carbocycles. The number of halogens is 1. The number of fused-ring (bicyclic) bond motifs is 1. The van der Waals surface area contributed by atoms with Crippen LogP contribution < -0.4 is 16.2 Å². The molecule has 0 fully saturated rings. The number of amides is 1. The first-order valence-electron chi connectivity index (χ1n) is 10.2. The van der Waals surface area contributed by atoms with Crippen LogP contribution in [0, 0.1) is 5.92 Å². The molecule has 1 aliphatic heterocycles. The Bertz CT molecular complexity index is 864. The third-order valence-corrected chi connectivity index (χ3v) is 5.95. The van der Waals surface area contributed by atoms with Gasteiger partial charge in [0.25, 0.3) is 11.5 Å². The van der Waals surface area contributed by atoms with Crippen molar-refractivity contribution in [1.29, 1.82) is 0 Å². The molecular formula is C21H30FN3O4. The van der Waals surface area contributed by atoms with Crippen LogP contribution in [0.2, 0.25) is 0 Å². The minimum atomic E-state index is -0.596. The van der Waals surface area contributed by atoms with Crippen LogP contribution in [0.1, 0.15) is 67.7 Å². The van der Waals surface area contributed by atoms with Crippen molar-refractivity contribution in [2.45, 2.75) is 51.6 Å². The first-order chi connectivity index (χ1) is 13.9. The number of nitrogens with zero attached hydrogens (tertiary/aromatic N) is 1. The number of carbonyl (C=O) groups excluding carboxylic acids is 1. The predicted molar refractivity (Wildman–Crippen MR) is 108 cm³/mol. The second-order valence-electron chi connectivity index (χ2n) is 7.92. The molecule has 3 rings (SSSR count). The highest BCUT2D eigenvalue weighted by molar-refractivity contribution is 5.96. The Morgan fingerprint density at radius 2 is 2.17 bits per heavy atom. The van der Waals surface area contributed by atoms with E-state index in [-0.39, 0.29) is 29.4 Å². The lowest BCUT2D eigenvalue weighted by molar-refractivity contribution is 0.0942. The van der Waals surface area contributed by atoms with Gasteiger partial charge in [0, 0.05) is 12.2 Å². The van der Waals surface area contributed by atoms with Crippen molar-refractivity contribution in [3.8, 4) is 5.75 Å². The van der Waals surface area contributed by atoms with Gasteiger partial charge in [-0.25, -0.2) is 4.39 Å². The second-order valence-corrected chi connectivity index (χ2v) is 7.92. The van der Waals surface area contributed by atoms with E-state index in [1.807, 2.05) is 13.8 Å². The van der Waals surface area contributed by atoms with Gasteiger partial charge in [-0.2, -0.15) is 0 Å². The minimum absolute atomic E-state index is 0.0269. The number of pyridine rings is 1. The Labute approximate surface area is 169 Å². The van der Waals surface area contributed by atoms with E-state index in [1.165, 1.54) is 4.57 Å². The zero-order valence-corrected chi connectivity index (χ0v) is 17.3. The van der Waals surface area contributed by atoms with Crippen LogP contribution in [-0.4, -0.2) is 42.4 Å². The Balaban J connectivity index is 1.82. The summed E-state index contributed by atoms with van der Waals surface area (Å²) in [6.45, 7) is 4.86. The smallest absolute Gasteiger partial charge is 0.294 e. The van der Waals surface area contributed by atoms with Crippen molar-refractivity contribution in [2.75, 3.05) is 26.8 Å². The lowest BCUT2D eigenvalue weighted by Gasteiger charge is -2.24. The van der Waals surface area contributed by atoms with Gasteiger partial charge in [-0.3, -0.25) is 9.59 Å². The maximum atomic E-state index is 13.8. The number of aromatic hydroxyl groups is 1. The molecule has 160 valence electrons. The third-order valence-electron chi connectivity index (χ3n) is 5.95. The molecule has 3 atom stereocenters. The summed E-state index contributed by atoms with van der Waals surface area (Å²) in [5, 5.41) is 16.3. The van der Waals surface area contributed by atoms with E-state index in [0.29, 0.717) is 51.1 Å². The summed E-state index contributed by atoms with van der Waals surface area (Å²) in [4.78, 5) is 25.6. The van der Waals surface area contributed by atoms with Gasteiger partial charge in [-0.1, -0.05) is 6.92 Å². The number of likely N-dealkylation sites (N-methyl/N-ethyl adjacent to an activating group) is 1. The summed E-state index contributed by atoms with van der Waals surface area (Å²) >= 11 is 0. The number of hydrogen-bond acceptors (Lipinski definition) is 5. The molecule has 0 aromatic carbocycles. The zero-order chi connectivity index (χ0) is 21.1. The standard InChI is InChI=1S/C21H30FN3O4/c1-4-14-7-13(5-6-16(14)22)9-24-20(27)15-8-18-17(23-3)11-29-10-12(2)25(18)21(28)19(15)26/h8,12-13,17,23,26H,4-7,9-11H2,1-3H3,(H,24,27). The maximum Gasteiger partial charge on any atom is 0.294 e. The van der Waals surface area contributed by atoms with Gasteiger partial charge in [0.15, 0.2) is 5.75 Å². The summed E-state index contributed by atoms with van der Waals surface area (Å²) in [6, 6.07) is 1.05. The normalized spacial score (nSPS) is 24.8. The second kappa shape index (κ2) is 9.09. The molecule has 0 saturated heterocycles. The lowest BCUT2D eigenvalue weighted by Crippen LogP contribution is -2.35. The number of aromatic nitrogens is 1. The van der Waals surface area contributed by atoms with Crippen molar-refractivity contribution in [2.24, 2.45) is 5.92 Å². The van der Waals surface area contributed by atoms with E-state index in [2.05, 4.69) is 10.6 Å². The van der Waals surface area contributed by atoms with Gasteiger partial charge in [0.1, 0.15) is 0 Å². The minimum Gasteiger partial charge on any atom is -0.502 e. The van der Waals surface area contributed by atoms with E-state index >= 15 is 0 Å². The van der Waals surface area contributed by atoms with Gasteiger partial charge in [-0.15, -0.1) is 0 Å². The molecule has 2 aliphatic rings. The number of ether oxygens (including phenoxy) is 1. The molecule has 3 N–H and O–H groups in total. The summed E-state index contributed by atoms with van der Waals surface area (Å²) in [7, 11) is 1.76. The Hall–Kier alpha value is -2.19. The molecule has 1 aromatic rings. The topological polar surface area (TPSA) is 92.6 Å². The monoisotopic (exact) mass is 407 g/mol. The average molecular weight is 407 g/mol. The number of allylic oxidation sites excluding steroid dienone is 2. The number of nitrogens with one attached hydrogen (secondary N) is 2. The summed E-state index contributed by atoms with van der Waals surface area (Å²) in [5.41, 5.74) is 0.791. The Morgan fingerprint density at radius 1 is 1.41 bits per heavy atom. The van der Waals surface area contributed by atoms with Crippen LogP contribution in [0.5, 0.6) is 5.75 Å². The molecule has 0 radical (unpaired) electrons. The third kappa shape index (κ3) is 4.38. The molecule has 1 aromatic heterocycles. The highest BCUT2D eigenvalue weighted by Crippen LogP contribution is 2.32. The van der Waals surface area contributed by atoms with Gasteiger partial charge in [0.2, 0.25) is 0 Å². The SMILES string of the molecule is CCC1=C(F)CCC(CNC(=O)c2cc3n(c(=O)c2O)C(C)COCC3NC)C1. The number of rotatable bonds is 5. The van der Waals surface area contributed by atoms with Crippen LogP contribution in [0.4, 0.5) is 4.39 Å². The van der Waals surface area contributed by atoms with Crippen molar-refractivity contribution in [3.63, 3.8) is 0 Å². The van der Waals surface area contributed by atoms with Gasteiger partial charge >= 0.3 is 0 Å². The van der Waals surface area contributed by atoms with E-state index in [4.69, 9.17) is 4.74 Å². The van der Waals surface area contributed by atoms with E-state index in [1.54, 1.807) is 13.1 Å². The van der Waals surface area contributed by atoms with Crippen LogP contribution in [0.25, 0.3) is 0 Å². The zero-order valence-electron chi connectivity index (χ0n) is 17.3. The fraction of sp³-hybridized carbons (Fsp3) is 0.619. The molecular weight excluding hydrogens is 377 g/mol. The van der Waals surface area contributed by atoms with Crippen LogP contribution in [0.15, 0.2) is 22.3 Å². The lowest BCUT2D eigenvalue weighted by atomic mass is 9.87. The van der Waals surface area contributed by atoms with Crippen molar-refractivity contribution in [1.82, 2.24) is 15.2 Å². The summed E-state index contributed by atoms with van der Waals surface area (Å²) in [5.74, 6) is -0.931. The van der Waals surface area contributed by atoms with Crippen LogP contribution >= 0.6 is 0 Å². The highest BCUT2D eigenvalue weighted by atomic mass is 19.1. The fourth-order valence-corrected chi connectivity index (χ4v) is 4.19. The Morgan fingerprint density at radius 3 is 2.86 bits per heavy atom. The van der Waals surface area contributed by atoms with Gasteiger partial charge in [0.05, 0.1) is 36.7 Å². The van der Waals surface area contributed by atoms with Crippen molar-refractivity contribution < 1.29 is 19.0 Å². The van der Waals surface area contributed by atoms with Crippen molar-refractivity contribution in [3.05, 3.63) is 39.1 Å². The van der Waals surface area contributed by atoms with Gasteiger partial charge < -0.3 is 25.0 Å². The average Bonchev–Trinajstić information content (AvgIpc) is 2.87. The molecule has 1 aliphatic carbocycles. The van der Waals surface area contributed by atoms with Crippen molar-refractivity contribution >= 4 is 5.91 Å².